The highest BCUT2D eigenvalue weighted by Gasteiger charge is 2.29. The topological polar surface area (TPSA) is 43.6 Å². The largest absolute Gasteiger partial charge is 0.307 e. The molecule has 4 heterocycles. The Bertz CT molecular complexity index is 4410. The Morgan fingerprint density at radius 1 is 0.338 bits per heavy atom. The Morgan fingerprint density at radius 2 is 0.901 bits per heavy atom. The van der Waals surface area contributed by atoms with Crippen LogP contribution in [0.3, 0.4) is 0 Å². The molecule has 1 aliphatic carbocycles. The average molecular weight is 903 g/mol. The number of hydrogen-bond acceptors (Lipinski definition) is 3. The smallest absolute Gasteiger partial charge is 0.160 e. The molecular formula is C67H42N4. The summed E-state index contributed by atoms with van der Waals surface area (Å²) < 4.78 is 2.49. The van der Waals surface area contributed by atoms with Gasteiger partial charge in [-0.3, -0.25) is 0 Å². The number of pyridine rings is 1. The molecule has 0 N–H and O–H groups in total. The fraction of sp³-hybridized carbons (Fsp3) is 0.0299. The van der Waals surface area contributed by atoms with Gasteiger partial charge in [-0.25, -0.2) is 15.0 Å². The summed E-state index contributed by atoms with van der Waals surface area (Å²) in [6.45, 7) is 0. The summed E-state index contributed by atoms with van der Waals surface area (Å²) in [6, 6.07) is 78.9. The normalized spacial score (nSPS) is 13.1. The van der Waals surface area contributed by atoms with Gasteiger partial charge in [0, 0.05) is 49.7 Å². The molecule has 13 aromatic rings. The zero-order valence-corrected chi connectivity index (χ0v) is 38.6. The molecule has 1 aliphatic heterocycles. The van der Waals surface area contributed by atoms with Gasteiger partial charge in [0.2, 0.25) is 0 Å². The minimum Gasteiger partial charge on any atom is -0.307 e. The van der Waals surface area contributed by atoms with Gasteiger partial charge in [0.05, 0.1) is 33.6 Å². The highest BCUT2D eigenvalue weighted by molar-refractivity contribution is 6.28. The van der Waals surface area contributed by atoms with E-state index in [1.807, 2.05) is 6.07 Å². The standard InChI is InChI=1S/C67H42N4/c1-2-15-42(16-3-1)60-40-61(47-18-14-17-44(37-47)46-33-35-52-50-21-5-4-19-48(50)49-20-6-7-22-51(49)57(52)39-46)70-67(69-60)43-31-29-41(30-32-43)45-34-36-54-58(38-45)53-23-9-12-27-62(53)71-63-28-13-10-25-56(63)64-55-24-8-11-26-59(55)68-65(54)66(64)71/h1-8,10-11,13-40H,9,12H2. The third kappa shape index (κ3) is 6.21. The Kier molecular flexibility index (Phi) is 8.75. The van der Waals surface area contributed by atoms with Gasteiger partial charge < -0.3 is 4.57 Å². The second-order valence-electron chi connectivity index (χ2n) is 18.9. The van der Waals surface area contributed by atoms with Crippen LogP contribution < -0.4 is 0 Å². The summed E-state index contributed by atoms with van der Waals surface area (Å²) in [4.78, 5) is 16.0. The van der Waals surface area contributed by atoms with Crippen molar-refractivity contribution in [2.45, 2.75) is 12.8 Å². The van der Waals surface area contributed by atoms with E-state index >= 15 is 0 Å². The first kappa shape index (κ1) is 39.7. The Hall–Kier alpha value is -9.25. The van der Waals surface area contributed by atoms with E-state index in [1.54, 1.807) is 0 Å². The van der Waals surface area contributed by atoms with E-state index in [2.05, 4.69) is 229 Å². The number of fused-ring (bicyclic) bond motifs is 16. The van der Waals surface area contributed by atoms with Crippen LogP contribution in [0.4, 0.5) is 0 Å². The third-order valence-electron chi connectivity index (χ3n) is 14.9. The first-order chi connectivity index (χ1) is 35.2. The molecule has 3 aromatic heterocycles. The predicted molar refractivity (Wildman–Crippen MR) is 297 cm³/mol. The van der Waals surface area contributed by atoms with E-state index in [-0.39, 0.29) is 0 Å². The Balaban J connectivity index is 0.826. The summed E-state index contributed by atoms with van der Waals surface area (Å²) in [5.41, 5.74) is 18.7. The van der Waals surface area contributed by atoms with Crippen LogP contribution in [0.1, 0.15) is 18.4 Å². The van der Waals surface area contributed by atoms with Crippen LogP contribution in [0.2, 0.25) is 0 Å². The minimum atomic E-state index is 0.687. The molecule has 0 atom stereocenters. The first-order valence-corrected chi connectivity index (χ1v) is 24.6. The van der Waals surface area contributed by atoms with Crippen molar-refractivity contribution in [2.24, 2.45) is 0 Å². The number of benzene rings is 10. The van der Waals surface area contributed by atoms with Crippen molar-refractivity contribution in [3.05, 3.63) is 236 Å². The highest BCUT2D eigenvalue weighted by atomic mass is 15.0. The van der Waals surface area contributed by atoms with Gasteiger partial charge in [-0.2, -0.15) is 0 Å². The lowest BCUT2D eigenvalue weighted by atomic mass is 9.89. The van der Waals surface area contributed by atoms with E-state index in [0.29, 0.717) is 5.82 Å². The molecule has 0 saturated heterocycles. The molecule has 15 rings (SSSR count). The van der Waals surface area contributed by atoms with Crippen LogP contribution >= 0.6 is 0 Å². The second kappa shape index (κ2) is 15.6. The van der Waals surface area contributed by atoms with Crippen LogP contribution in [0, 0.1) is 0 Å². The molecule has 0 saturated carbocycles. The SMILES string of the molecule is C1=C2C(=CCC1)n1c3ccccc3c3c4ccccc4nc(c31)-c1ccc(-c3ccc(-c4nc(-c5ccccc5)cc(-c5cccc(-c6ccc7c8ccccc8c8ccccc8c7c6)c5)n4)cc3)cc12. The van der Waals surface area contributed by atoms with E-state index < -0.39 is 0 Å². The van der Waals surface area contributed by atoms with Crippen molar-refractivity contribution < 1.29 is 0 Å². The molecule has 4 heteroatoms. The van der Waals surface area contributed by atoms with Crippen LogP contribution in [-0.4, -0.2) is 19.5 Å². The van der Waals surface area contributed by atoms with Gasteiger partial charge >= 0.3 is 0 Å². The molecule has 0 spiro atoms. The number of nitrogens with zero attached hydrogens (tertiary/aromatic N) is 4. The van der Waals surface area contributed by atoms with Crippen LogP contribution in [0.15, 0.2) is 231 Å². The van der Waals surface area contributed by atoms with Crippen LogP contribution in [-0.2, 0) is 0 Å². The van der Waals surface area contributed by atoms with Crippen molar-refractivity contribution >= 4 is 76.3 Å². The summed E-state index contributed by atoms with van der Waals surface area (Å²) in [5.74, 6) is 0.687. The van der Waals surface area contributed by atoms with Gasteiger partial charge in [-0.05, 0) is 109 Å². The quantitative estimate of drug-likeness (QED) is 0.162. The van der Waals surface area contributed by atoms with Gasteiger partial charge in [0.15, 0.2) is 5.82 Å². The molecule has 0 unspecified atom stereocenters. The lowest BCUT2D eigenvalue weighted by molar-refractivity contribution is 1.03. The predicted octanol–water partition coefficient (Wildman–Crippen LogP) is 17.6. The Labute approximate surface area is 410 Å². The molecule has 4 nitrogen and oxygen atoms in total. The number of allylic oxidation sites excluding steroid dienone is 4. The van der Waals surface area contributed by atoms with Gasteiger partial charge in [-0.1, -0.05) is 194 Å². The first-order valence-electron chi connectivity index (χ1n) is 24.6. The van der Waals surface area contributed by atoms with Crippen LogP contribution in [0.25, 0.3) is 144 Å². The van der Waals surface area contributed by atoms with Crippen molar-refractivity contribution in [3.8, 4) is 67.4 Å². The number of para-hydroxylation sites is 2. The van der Waals surface area contributed by atoms with E-state index in [1.165, 1.54) is 81.9 Å². The number of aromatic nitrogens is 4. The zero-order valence-electron chi connectivity index (χ0n) is 38.6. The van der Waals surface area contributed by atoms with Gasteiger partial charge in [-0.15, -0.1) is 0 Å². The average Bonchev–Trinajstić information content (AvgIpc) is 3.75. The number of rotatable bonds is 5. The van der Waals surface area contributed by atoms with Crippen molar-refractivity contribution in [2.75, 3.05) is 0 Å². The van der Waals surface area contributed by atoms with E-state index in [4.69, 9.17) is 15.0 Å². The Morgan fingerprint density at radius 3 is 1.69 bits per heavy atom. The van der Waals surface area contributed by atoms with Crippen molar-refractivity contribution in [1.82, 2.24) is 19.5 Å². The highest BCUT2D eigenvalue weighted by Crippen LogP contribution is 2.50. The summed E-state index contributed by atoms with van der Waals surface area (Å²) in [6.07, 6.45) is 6.86. The summed E-state index contributed by atoms with van der Waals surface area (Å²) in [7, 11) is 0. The maximum absolute atomic E-state index is 5.45. The maximum atomic E-state index is 5.45. The fourth-order valence-electron chi connectivity index (χ4n) is 11.6. The molecule has 71 heavy (non-hydrogen) atoms. The summed E-state index contributed by atoms with van der Waals surface area (Å²) >= 11 is 0. The van der Waals surface area contributed by atoms with Gasteiger partial charge in [0.1, 0.15) is 0 Å². The lowest BCUT2D eigenvalue weighted by Gasteiger charge is -2.19. The molecule has 0 amide bonds. The zero-order chi connectivity index (χ0) is 46.6. The van der Waals surface area contributed by atoms with Crippen molar-refractivity contribution in [1.29, 1.82) is 0 Å². The van der Waals surface area contributed by atoms with Crippen molar-refractivity contribution in [3.63, 3.8) is 0 Å². The molecule has 0 bridgehead atoms. The molecular weight excluding hydrogens is 861 g/mol. The molecule has 0 fully saturated rings. The minimum absolute atomic E-state index is 0.687. The lowest BCUT2D eigenvalue weighted by Crippen LogP contribution is -2.01. The molecule has 2 aliphatic rings. The molecule has 330 valence electrons. The number of hydrogen-bond donors (Lipinski definition) is 0. The molecule has 0 radical (unpaired) electrons. The van der Waals surface area contributed by atoms with Gasteiger partial charge in [0.25, 0.3) is 0 Å². The second-order valence-corrected chi connectivity index (χ2v) is 18.9. The van der Waals surface area contributed by atoms with E-state index in [9.17, 15) is 0 Å². The fourth-order valence-corrected chi connectivity index (χ4v) is 11.6. The van der Waals surface area contributed by atoms with E-state index in [0.717, 1.165) is 74.4 Å². The molecule has 10 aromatic carbocycles. The van der Waals surface area contributed by atoms with Crippen LogP contribution in [0.5, 0.6) is 0 Å². The third-order valence-corrected chi connectivity index (χ3v) is 14.9. The maximum Gasteiger partial charge on any atom is 0.160 e. The summed E-state index contributed by atoms with van der Waals surface area (Å²) in [5, 5.41) is 11.3. The monoisotopic (exact) mass is 902 g/mol.